The number of hydrogen-bond donors (Lipinski definition) is 0. The molecule has 0 atom stereocenters. The van der Waals surface area contributed by atoms with Crippen LogP contribution in [0.1, 0.15) is 19.3 Å². The van der Waals surface area contributed by atoms with E-state index in [4.69, 9.17) is 6.15 Å². The molecule has 0 aromatic heterocycles. The Balaban J connectivity index is 2.00. The molecule has 1 aliphatic heterocycles. The summed E-state index contributed by atoms with van der Waals surface area (Å²) >= 11 is -0.783. The van der Waals surface area contributed by atoms with Crippen molar-refractivity contribution in [1.29, 1.82) is 0 Å². The zero-order chi connectivity index (χ0) is 5.66. The van der Waals surface area contributed by atoms with Gasteiger partial charge in [0, 0.05) is 0 Å². The Morgan fingerprint density at radius 1 is 0.875 bits per heavy atom. The van der Waals surface area contributed by atoms with Crippen LogP contribution in [-0.2, 0) is 6.15 Å². The molecule has 0 amide bonds. The fourth-order valence-electron chi connectivity index (χ4n) is 0.650. The van der Waals surface area contributed by atoms with Gasteiger partial charge in [0.25, 0.3) is 0 Å². The third-order valence-corrected chi connectivity index (χ3v) is 2.95. The molecule has 0 aliphatic carbocycles. The van der Waals surface area contributed by atoms with E-state index in [1.165, 1.54) is 19.3 Å². The molecule has 1 aliphatic rings. The van der Waals surface area contributed by atoms with Crippen LogP contribution in [0.4, 0.5) is 0 Å². The van der Waals surface area contributed by atoms with Gasteiger partial charge in [-0.1, -0.05) is 0 Å². The Labute approximate surface area is 60.9 Å². The van der Waals surface area contributed by atoms with Crippen molar-refractivity contribution < 1.29 is 6.15 Å². The Hall–Kier alpha value is 0.719. The standard InChI is InChI=1S/C5H10O2.Sn/c6-4-2-1-3-5-7;/h1-5H2;/q-2;+2. The Kier molecular flexibility index (Phi) is 3.92. The fourth-order valence-corrected chi connectivity index (χ4v) is 2.19. The molecule has 2 nitrogen and oxygen atoms in total. The van der Waals surface area contributed by atoms with Gasteiger partial charge in [0.2, 0.25) is 0 Å². The summed E-state index contributed by atoms with van der Waals surface area (Å²) in [5.74, 6) is 0. The molecule has 0 saturated carbocycles. The summed E-state index contributed by atoms with van der Waals surface area (Å²) in [5.41, 5.74) is 0. The van der Waals surface area contributed by atoms with Crippen molar-refractivity contribution in [3.05, 3.63) is 0 Å². The van der Waals surface area contributed by atoms with Crippen molar-refractivity contribution in [2.45, 2.75) is 19.3 Å². The molecule has 0 unspecified atom stereocenters. The summed E-state index contributed by atoms with van der Waals surface area (Å²) in [6, 6.07) is 0. The van der Waals surface area contributed by atoms with Gasteiger partial charge in [-0.3, -0.25) is 0 Å². The quantitative estimate of drug-likeness (QED) is 0.561. The molecule has 8 heavy (non-hydrogen) atoms. The third-order valence-electron chi connectivity index (χ3n) is 1.11. The van der Waals surface area contributed by atoms with Crippen LogP contribution in [0.15, 0.2) is 0 Å². The van der Waals surface area contributed by atoms with E-state index in [1.54, 1.807) is 0 Å². The summed E-state index contributed by atoms with van der Waals surface area (Å²) in [7, 11) is 0. The molecule has 46 valence electrons. The first kappa shape index (κ1) is 6.83. The van der Waals surface area contributed by atoms with Crippen molar-refractivity contribution in [3.8, 4) is 0 Å². The van der Waals surface area contributed by atoms with E-state index in [2.05, 4.69) is 0 Å². The van der Waals surface area contributed by atoms with E-state index in [9.17, 15) is 0 Å². The van der Waals surface area contributed by atoms with Gasteiger partial charge in [0.15, 0.2) is 0 Å². The van der Waals surface area contributed by atoms with E-state index >= 15 is 0 Å². The van der Waals surface area contributed by atoms with Crippen LogP contribution in [0.25, 0.3) is 0 Å². The first-order valence-corrected chi connectivity index (χ1v) is 5.32. The Morgan fingerprint density at radius 2 is 1.50 bits per heavy atom. The van der Waals surface area contributed by atoms with Crippen molar-refractivity contribution in [2.24, 2.45) is 0 Å². The molecular weight excluding hydrogens is 211 g/mol. The molecule has 0 aromatic rings. The van der Waals surface area contributed by atoms with Gasteiger partial charge >= 0.3 is 60.6 Å². The summed E-state index contributed by atoms with van der Waals surface area (Å²) in [6.45, 7) is 1.90. The summed E-state index contributed by atoms with van der Waals surface area (Å²) in [4.78, 5) is 0. The van der Waals surface area contributed by atoms with Crippen molar-refractivity contribution >= 4 is 22.0 Å². The van der Waals surface area contributed by atoms with Crippen molar-refractivity contribution in [2.75, 3.05) is 13.2 Å². The molecule has 3 heteroatoms. The molecule has 0 bridgehead atoms. The van der Waals surface area contributed by atoms with Gasteiger partial charge in [-0.15, -0.1) is 0 Å². The molecule has 1 saturated heterocycles. The third kappa shape index (κ3) is 2.89. The second-order valence-corrected chi connectivity index (χ2v) is 3.96. The zero-order valence-corrected chi connectivity index (χ0v) is 7.71. The van der Waals surface area contributed by atoms with Gasteiger partial charge in [0.1, 0.15) is 0 Å². The monoisotopic (exact) mass is 222 g/mol. The molecule has 1 fully saturated rings. The molecule has 2 radical (unpaired) electrons. The Morgan fingerprint density at radius 3 is 2.12 bits per heavy atom. The summed E-state index contributed by atoms with van der Waals surface area (Å²) < 4.78 is 10.4. The average molecular weight is 221 g/mol. The number of hydrogen-bond acceptors (Lipinski definition) is 2. The molecule has 0 aromatic carbocycles. The second-order valence-electron chi connectivity index (χ2n) is 1.84. The molecule has 0 spiro atoms. The van der Waals surface area contributed by atoms with Gasteiger partial charge < -0.3 is 0 Å². The van der Waals surface area contributed by atoms with E-state index in [0.29, 0.717) is 0 Å². The van der Waals surface area contributed by atoms with Crippen LogP contribution in [0.5, 0.6) is 0 Å². The summed E-state index contributed by atoms with van der Waals surface area (Å²) in [6.07, 6.45) is 3.76. The van der Waals surface area contributed by atoms with Crippen LogP contribution in [0, 0.1) is 0 Å². The maximum absolute atomic E-state index is 5.22. The first-order chi connectivity index (χ1) is 4.00. The molecule has 0 N–H and O–H groups in total. The normalized spacial score (nSPS) is 24.0. The van der Waals surface area contributed by atoms with Crippen LogP contribution in [-0.4, -0.2) is 35.2 Å². The van der Waals surface area contributed by atoms with Crippen LogP contribution in [0.3, 0.4) is 0 Å². The SMILES string of the molecule is C1CC[O][Sn][O]CC1. The predicted octanol–water partition coefficient (Wildman–Crippen LogP) is 0.738. The van der Waals surface area contributed by atoms with Crippen LogP contribution in [0.2, 0.25) is 0 Å². The van der Waals surface area contributed by atoms with Gasteiger partial charge in [0.05, 0.1) is 0 Å². The maximum atomic E-state index is 5.22. The van der Waals surface area contributed by atoms with Gasteiger partial charge in [-0.2, -0.15) is 0 Å². The van der Waals surface area contributed by atoms with E-state index in [1.807, 2.05) is 0 Å². The first-order valence-electron chi connectivity index (χ1n) is 2.99. The van der Waals surface area contributed by atoms with Crippen molar-refractivity contribution in [3.63, 3.8) is 0 Å². The van der Waals surface area contributed by atoms with E-state index in [0.717, 1.165) is 13.2 Å². The van der Waals surface area contributed by atoms with Crippen LogP contribution >= 0.6 is 0 Å². The van der Waals surface area contributed by atoms with E-state index in [-0.39, 0.29) is 0 Å². The second kappa shape index (κ2) is 4.58. The summed E-state index contributed by atoms with van der Waals surface area (Å²) in [5, 5.41) is 0. The fraction of sp³-hybridized carbons (Fsp3) is 1.00. The van der Waals surface area contributed by atoms with Gasteiger partial charge in [-0.05, 0) is 0 Å². The molecule has 1 rings (SSSR count). The minimum absolute atomic E-state index is 0.783. The molecular formula is C5H10O2Sn. The Bertz CT molecular complexity index is 34.4. The van der Waals surface area contributed by atoms with E-state index < -0.39 is 22.0 Å². The topological polar surface area (TPSA) is 18.5 Å². The average Bonchev–Trinajstić information content (AvgIpc) is 1.62. The van der Waals surface area contributed by atoms with Crippen molar-refractivity contribution in [1.82, 2.24) is 0 Å². The predicted molar refractivity (Wildman–Crippen MR) is 31.5 cm³/mol. The van der Waals surface area contributed by atoms with Gasteiger partial charge in [-0.25, -0.2) is 0 Å². The minimum atomic E-state index is -0.783. The zero-order valence-electron chi connectivity index (χ0n) is 4.85. The van der Waals surface area contributed by atoms with Crippen LogP contribution < -0.4 is 0 Å². The molecule has 1 heterocycles. The number of rotatable bonds is 0.